The maximum atomic E-state index is 6.93. The summed E-state index contributed by atoms with van der Waals surface area (Å²) in [5, 5.41) is 10.1. The van der Waals surface area contributed by atoms with E-state index in [1.165, 1.54) is 164 Å². The zero-order valence-electron chi connectivity index (χ0n) is 76.6. The van der Waals surface area contributed by atoms with Crippen molar-refractivity contribution in [2.24, 2.45) is 0 Å². The van der Waals surface area contributed by atoms with Crippen molar-refractivity contribution < 1.29 is 44.3 Å². The van der Waals surface area contributed by atoms with Gasteiger partial charge in [0.15, 0.2) is 0 Å². The standard InChI is InChI=1S/C30H36O2Si.C28H32O2Si.C26H28O2Si.C24H24O2Si.C2H8O2Si/c1-5-15-25-21-23-17-11-9-13-19-27(23)29(25)33(31-7-3,32-8-4)30-26(16-6-2)22-24-18-12-10-14-20-28(24)30;1-5-21-19-23-15-11-9-13-17-25(23)27(21)31(29-7-3,30-8-4)28-22(6-2)20-24-16-12-10-14-18-26(24)28;1-5-27-29(28-6-2,25-19(3)17-21-13-9-7-11-15-23(21)25)26-20(4)18-22-14-10-8-12-16-24(22)26;1-3-25-27(26-4-2,23-17-15-19-11-7-5-9-13-21(19)23)24-18-16-20-12-8-6-10-14-22(20)24;1-3-5-4-2/h9-14,17-22H,5-8,15-16H2,1-4H3;9-20H,5-8H2,1-4H3;7-18H,5-6H2,1-4H3;5-18H,3-4H2,1-2H3;5H2,1-2H3. The fourth-order valence-corrected chi connectivity index (χ4v) is 35.0. The van der Waals surface area contributed by atoms with Gasteiger partial charge in [-0.1, -0.05) is 344 Å². The van der Waals surface area contributed by atoms with E-state index < -0.39 is 44.3 Å². The van der Waals surface area contributed by atoms with Crippen LogP contribution in [0.4, 0.5) is 0 Å². The van der Waals surface area contributed by atoms with Crippen LogP contribution < -0.4 is 41.5 Å². The first-order valence-electron chi connectivity index (χ1n) is 45.3. The van der Waals surface area contributed by atoms with Crippen LogP contribution in [0, 0.1) is 13.8 Å². The third-order valence-corrected chi connectivity index (χ3v) is 39.2. The number of fused-ring (bicyclic) bond motifs is 8. The first-order valence-corrected chi connectivity index (χ1v) is 53.7. The summed E-state index contributed by atoms with van der Waals surface area (Å²) in [6.07, 6.45) is 6.15. The van der Waals surface area contributed by atoms with E-state index in [1.54, 1.807) is 14.2 Å². The molecule has 648 valence electrons. The Kier molecular flexibility index (Phi) is 34.5. The summed E-state index contributed by atoms with van der Waals surface area (Å²) in [6.45, 7) is 35.0. The lowest BCUT2D eigenvalue weighted by Crippen LogP contribution is -2.65. The van der Waals surface area contributed by atoms with E-state index in [9.17, 15) is 0 Å². The number of hydrogen-bond donors (Lipinski definition) is 0. The molecule has 0 heterocycles. The third-order valence-electron chi connectivity index (χ3n) is 23.3. The number of rotatable bonds is 32. The lowest BCUT2D eigenvalue weighted by molar-refractivity contribution is 0.208. The molecule has 0 saturated carbocycles. The van der Waals surface area contributed by atoms with Gasteiger partial charge in [0.2, 0.25) is 0 Å². The Morgan fingerprint density at radius 2 is 0.432 bits per heavy atom. The van der Waals surface area contributed by atoms with Gasteiger partial charge in [0, 0.05) is 109 Å². The fourth-order valence-electron chi connectivity index (χ4n) is 18.8. The molecule has 0 aromatic heterocycles. The van der Waals surface area contributed by atoms with Crippen LogP contribution in [0.2, 0.25) is 0 Å². The minimum absolute atomic E-state index is 0.568. The van der Waals surface area contributed by atoms with Crippen molar-refractivity contribution in [3.8, 4) is 89.0 Å². The van der Waals surface area contributed by atoms with E-state index in [0.717, 1.165) is 38.5 Å². The van der Waals surface area contributed by atoms with Crippen LogP contribution in [-0.4, -0.2) is 111 Å². The highest BCUT2D eigenvalue weighted by Crippen LogP contribution is 2.39. The minimum Gasteiger partial charge on any atom is -0.402 e. The van der Waals surface area contributed by atoms with Gasteiger partial charge >= 0.3 is 44.3 Å². The van der Waals surface area contributed by atoms with E-state index in [1.807, 2.05) is 0 Å². The van der Waals surface area contributed by atoms with E-state index >= 15 is 0 Å². The lowest BCUT2D eigenvalue weighted by Gasteiger charge is -2.33. The van der Waals surface area contributed by atoms with E-state index in [0.29, 0.717) is 52.9 Å². The average Bonchev–Trinajstić information content (AvgIpc) is 1.59. The van der Waals surface area contributed by atoms with Crippen LogP contribution in [0.25, 0.3) is 89.0 Å². The number of aryl methyl sites for hydroxylation is 6. The molecule has 16 aliphatic rings. The predicted octanol–water partition coefficient (Wildman–Crippen LogP) is 21.0. The van der Waals surface area contributed by atoms with Gasteiger partial charge in [-0.05, 0) is 217 Å². The van der Waals surface area contributed by atoms with Crippen molar-refractivity contribution in [1.29, 1.82) is 0 Å². The summed E-state index contributed by atoms with van der Waals surface area (Å²) in [5.74, 6) is 0. The second-order valence-corrected chi connectivity index (χ2v) is 43.9. The van der Waals surface area contributed by atoms with Crippen LogP contribution in [0.3, 0.4) is 0 Å². The summed E-state index contributed by atoms with van der Waals surface area (Å²) in [7, 11) is -9.03. The molecule has 16 aliphatic carbocycles. The van der Waals surface area contributed by atoms with Crippen molar-refractivity contribution in [2.45, 2.75) is 135 Å². The smallest absolute Gasteiger partial charge is 0.402 e. The third kappa shape index (κ3) is 20.0. The Balaban J connectivity index is 0.000000149. The average molecular weight is 1750 g/mol. The quantitative estimate of drug-likeness (QED) is 0.0380. The van der Waals surface area contributed by atoms with Crippen LogP contribution in [-0.2, 0) is 69.9 Å². The highest BCUT2D eigenvalue weighted by Gasteiger charge is 2.54. The Bertz CT molecular complexity index is 5400. The summed E-state index contributed by atoms with van der Waals surface area (Å²) in [5.41, 5.74) is 27.8. The zero-order valence-corrected chi connectivity index (χ0v) is 82.0. The monoisotopic (exact) mass is 1750 g/mol. The van der Waals surface area contributed by atoms with Crippen LogP contribution in [0.5, 0.6) is 0 Å². The summed E-state index contributed by atoms with van der Waals surface area (Å²) >= 11 is 0. The van der Waals surface area contributed by atoms with Crippen molar-refractivity contribution in [3.63, 3.8) is 0 Å². The molecule has 0 radical (unpaired) electrons. The highest BCUT2D eigenvalue weighted by molar-refractivity contribution is 6.97. The lowest BCUT2D eigenvalue weighted by atomic mass is 10.2. The molecule has 16 rings (SSSR count). The SMILES string of the molecule is CCCc1cc2cccccc-2c1[Si](OCC)(OCC)c1c(CCC)cc2cccccc1-2.CCO[Si](OCC)(c1c(C)cc2cccccc1-2)c1c(C)cc2cccccc1-2.CCO[Si](OCC)(c1c(CC)cc2cccccc1-2)c1c(CC)cc2cccccc1-2.CCO[Si](OCC)(c1ccc2cccccc1-2)c1ccc2cccccc1-2.CO[SiH2]OC. The molecule has 0 atom stereocenters. The second-order valence-electron chi connectivity index (χ2n) is 31.1. The van der Waals surface area contributed by atoms with E-state index in [-0.39, 0.29) is 0 Å². The molecule has 0 bridgehead atoms. The topological polar surface area (TPSA) is 92.3 Å². The molecule has 0 aromatic rings. The van der Waals surface area contributed by atoms with Crippen LogP contribution >= 0.6 is 0 Å². The molecule has 0 aliphatic heterocycles. The van der Waals surface area contributed by atoms with E-state index in [4.69, 9.17) is 35.4 Å². The van der Waals surface area contributed by atoms with Gasteiger partial charge in [-0.15, -0.1) is 0 Å². The molecule has 0 unspecified atom stereocenters. The van der Waals surface area contributed by atoms with E-state index in [2.05, 4.69) is 409 Å². The van der Waals surface area contributed by atoms with Crippen molar-refractivity contribution >= 4 is 85.7 Å². The fraction of sp³-hybridized carbons (Fsp3) is 0.273. The normalized spacial score (nSPS) is 11.8. The molecule has 0 fully saturated rings. The number of hydrogen-bond acceptors (Lipinski definition) is 10. The van der Waals surface area contributed by atoms with Crippen LogP contribution in [0.1, 0.15) is 129 Å². The molecular weight excluding hydrogens is 1620 g/mol. The Hall–Kier alpha value is -9.72. The van der Waals surface area contributed by atoms with Gasteiger partial charge in [-0.25, -0.2) is 0 Å². The molecule has 0 saturated heterocycles. The molecular formula is C110H128O10Si5. The molecule has 0 aromatic carbocycles. The van der Waals surface area contributed by atoms with Crippen molar-refractivity contribution in [1.82, 2.24) is 0 Å². The second kappa shape index (κ2) is 45.6. The summed E-state index contributed by atoms with van der Waals surface area (Å²) in [4.78, 5) is 0. The van der Waals surface area contributed by atoms with Gasteiger partial charge < -0.3 is 44.3 Å². The zero-order chi connectivity index (χ0) is 88.4. The van der Waals surface area contributed by atoms with Crippen molar-refractivity contribution in [2.75, 3.05) is 67.1 Å². The predicted molar refractivity (Wildman–Crippen MR) is 536 cm³/mol. The van der Waals surface area contributed by atoms with Gasteiger partial charge in [0.05, 0.1) is 0 Å². The van der Waals surface area contributed by atoms with Gasteiger partial charge in [0.1, 0.15) is 0 Å². The van der Waals surface area contributed by atoms with Crippen molar-refractivity contribution in [3.05, 3.63) is 337 Å². The Morgan fingerprint density at radius 3 is 0.680 bits per heavy atom. The Morgan fingerprint density at radius 1 is 0.216 bits per heavy atom. The van der Waals surface area contributed by atoms with Crippen LogP contribution in [0.15, 0.2) is 303 Å². The first kappa shape index (κ1) is 94.4. The van der Waals surface area contributed by atoms with Gasteiger partial charge in [-0.2, -0.15) is 0 Å². The summed E-state index contributed by atoms with van der Waals surface area (Å²) < 4.78 is 63.3. The molecule has 15 heteroatoms. The Labute approximate surface area is 753 Å². The highest BCUT2D eigenvalue weighted by atomic mass is 28.4. The first-order chi connectivity index (χ1) is 61.2. The maximum Gasteiger partial charge on any atom is 0.408 e. The van der Waals surface area contributed by atoms with Gasteiger partial charge in [-0.3, -0.25) is 0 Å². The molecule has 0 N–H and O–H groups in total. The maximum absolute atomic E-state index is 6.93. The minimum atomic E-state index is -3.01. The molecule has 0 spiro atoms. The molecule has 0 amide bonds. The molecule has 10 nitrogen and oxygen atoms in total. The molecule has 125 heavy (non-hydrogen) atoms. The largest absolute Gasteiger partial charge is 0.408 e. The van der Waals surface area contributed by atoms with Gasteiger partial charge in [0.25, 0.3) is 0 Å². The summed E-state index contributed by atoms with van der Waals surface area (Å²) in [6, 6.07) is 108.